The summed E-state index contributed by atoms with van der Waals surface area (Å²) in [6, 6.07) is 32.2. The number of fused-ring (bicyclic) bond motifs is 5. The first kappa shape index (κ1) is 21.7. The molecular formula is C32H27BO3. The van der Waals surface area contributed by atoms with Gasteiger partial charge < -0.3 is 13.7 Å². The van der Waals surface area contributed by atoms with Gasteiger partial charge in [-0.25, -0.2) is 0 Å². The number of hydrogen-bond donors (Lipinski definition) is 0. The highest BCUT2D eigenvalue weighted by molar-refractivity contribution is 6.62. The van der Waals surface area contributed by atoms with Gasteiger partial charge in [0.25, 0.3) is 0 Å². The highest BCUT2D eigenvalue weighted by Gasteiger charge is 2.51. The van der Waals surface area contributed by atoms with Crippen molar-refractivity contribution < 1.29 is 13.7 Å². The van der Waals surface area contributed by atoms with Crippen molar-refractivity contribution in [3.05, 3.63) is 91.0 Å². The van der Waals surface area contributed by atoms with Gasteiger partial charge in [-0.3, -0.25) is 0 Å². The molecule has 1 aliphatic rings. The van der Waals surface area contributed by atoms with Crippen LogP contribution in [0.2, 0.25) is 0 Å². The fraction of sp³-hybridized carbons (Fsp3) is 0.188. The molecule has 0 atom stereocenters. The van der Waals surface area contributed by atoms with Gasteiger partial charge in [0.05, 0.1) is 11.2 Å². The van der Waals surface area contributed by atoms with Crippen LogP contribution in [0.5, 0.6) is 0 Å². The SMILES string of the molecule is CC1(C)OB(c2ccc3ccc(-c4c5ccccc5cc5oc6ccccc6c45)cc3c2)OC1(C)C. The molecule has 36 heavy (non-hydrogen) atoms. The smallest absolute Gasteiger partial charge is 0.456 e. The van der Waals surface area contributed by atoms with Gasteiger partial charge in [0.1, 0.15) is 11.2 Å². The lowest BCUT2D eigenvalue weighted by Crippen LogP contribution is -2.41. The Labute approximate surface area is 210 Å². The Kier molecular flexibility index (Phi) is 4.49. The average Bonchev–Trinajstić information content (AvgIpc) is 3.34. The van der Waals surface area contributed by atoms with E-state index in [0.717, 1.165) is 32.8 Å². The van der Waals surface area contributed by atoms with Crippen LogP contribution in [0.3, 0.4) is 0 Å². The van der Waals surface area contributed by atoms with Crippen LogP contribution in [0.25, 0.3) is 54.6 Å². The number of para-hydroxylation sites is 1. The van der Waals surface area contributed by atoms with Gasteiger partial charge >= 0.3 is 7.12 Å². The monoisotopic (exact) mass is 470 g/mol. The zero-order valence-electron chi connectivity index (χ0n) is 21.0. The fourth-order valence-electron chi connectivity index (χ4n) is 5.40. The van der Waals surface area contributed by atoms with Crippen molar-refractivity contribution in [3.63, 3.8) is 0 Å². The minimum absolute atomic E-state index is 0.370. The van der Waals surface area contributed by atoms with Crippen LogP contribution in [0.4, 0.5) is 0 Å². The molecule has 0 saturated carbocycles. The average molecular weight is 470 g/mol. The summed E-state index contributed by atoms with van der Waals surface area (Å²) < 4.78 is 19.0. The molecular weight excluding hydrogens is 443 g/mol. The highest BCUT2D eigenvalue weighted by Crippen LogP contribution is 2.42. The third-order valence-corrected chi connectivity index (χ3v) is 8.07. The van der Waals surface area contributed by atoms with Crippen molar-refractivity contribution in [2.24, 2.45) is 0 Å². The van der Waals surface area contributed by atoms with E-state index in [1.807, 2.05) is 12.1 Å². The van der Waals surface area contributed by atoms with E-state index in [0.29, 0.717) is 0 Å². The molecule has 176 valence electrons. The Hall–Kier alpha value is -3.60. The first-order chi connectivity index (χ1) is 17.3. The van der Waals surface area contributed by atoms with E-state index in [1.54, 1.807) is 0 Å². The van der Waals surface area contributed by atoms with Gasteiger partial charge in [-0.2, -0.15) is 0 Å². The van der Waals surface area contributed by atoms with Gasteiger partial charge in [-0.15, -0.1) is 0 Å². The molecule has 0 unspecified atom stereocenters. The summed E-state index contributed by atoms with van der Waals surface area (Å²) in [4.78, 5) is 0. The lowest BCUT2D eigenvalue weighted by molar-refractivity contribution is 0.00578. The number of benzene rings is 5. The molecule has 1 saturated heterocycles. The van der Waals surface area contributed by atoms with Crippen molar-refractivity contribution in [2.45, 2.75) is 38.9 Å². The fourth-order valence-corrected chi connectivity index (χ4v) is 5.40. The molecule has 1 aliphatic heterocycles. The van der Waals surface area contributed by atoms with Crippen LogP contribution < -0.4 is 5.46 Å². The Morgan fingerprint density at radius 1 is 0.583 bits per heavy atom. The highest BCUT2D eigenvalue weighted by atomic mass is 16.7. The van der Waals surface area contributed by atoms with Gasteiger partial charge in [0, 0.05) is 16.3 Å². The van der Waals surface area contributed by atoms with E-state index in [1.165, 1.54) is 27.3 Å². The second-order valence-electron chi connectivity index (χ2n) is 10.9. The molecule has 0 N–H and O–H groups in total. The second-order valence-corrected chi connectivity index (χ2v) is 10.9. The Balaban J connectivity index is 1.45. The quantitative estimate of drug-likeness (QED) is 0.242. The molecule has 4 heteroatoms. The second kappa shape index (κ2) is 7.46. The Morgan fingerprint density at radius 3 is 2.08 bits per heavy atom. The molecule has 1 fully saturated rings. The summed E-state index contributed by atoms with van der Waals surface area (Å²) in [5.41, 5.74) is 4.49. The molecule has 6 aromatic rings. The predicted molar refractivity (Wildman–Crippen MR) is 150 cm³/mol. The van der Waals surface area contributed by atoms with Crippen LogP contribution >= 0.6 is 0 Å². The van der Waals surface area contributed by atoms with Crippen molar-refractivity contribution >= 4 is 56.1 Å². The molecule has 2 heterocycles. The molecule has 3 nitrogen and oxygen atoms in total. The molecule has 0 radical (unpaired) electrons. The summed E-state index contributed by atoms with van der Waals surface area (Å²) in [5, 5.41) is 7.04. The number of rotatable bonds is 2. The van der Waals surface area contributed by atoms with Gasteiger partial charge in [-0.05, 0) is 78.5 Å². The number of furan rings is 1. The summed E-state index contributed by atoms with van der Waals surface area (Å²) in [6.07, 6.45) is 0. The summed E-state index contributed by atoms with van der Waals surface area (Å²) in [5.74, 6) is 0. The number of hydrogen-bond acceptors (Lipinski definition) is 3. The van der Waals surface area contributed by atoms with Crippen LogP contribution in [-0.4, -0.2) is 18.3 Å². The van der Waals surface area contributed by atoms with E-state index >= 15 is 0 Å². The van der Waals surface area contributed by atoms with Gasteiger partial charge in [0.2, 0.25) is 0 Å². The zero-order valence-corrected chi connectivity index (χ0v) is 21.0. The van der Waals surface area contributed by atoms with Crippen molar-refractivity contribution in [2.75, 3.05) is 0 Å². The maximum absolute atomic E-state index is 6.33. The molecule has 0 bridgehead atoms. The molecule has 0 aliphatic carbocycles. The molecule has 1 aromatic heterocycles. The van der Waals surface area contributed by atoms with E-state index in [2.05, 4.69) is 107 Å². The molecule has 0 amide bonds. The van der Waals surface area contributed by atoms with E-state index in [9.17, 15) is 0 Å². The molecule has 5 aromatic carbocycles. The maximum Gasteiger partial charge on any atom is 0.494 e. The largest absolute Gasteiger partial charge is 0.494 e. The van der Waals surface area contributed by atoms with E-state index in [4.69, 9.17) is 13.7 Å². The minimum Gasteiger partial charge on any atom is -0.456 e. The van der Waals surface area contributed by atoms with Crippen LogP contribution in [0, 0.1) is 0 Å². The topological polar surface area (TPSA) is 31.6 Å². The van der Waals surface area contributed by atoms with Crippen molar-refractivity contribution in [1.29, 1.82) is 0 Å². The first-order valence-electron chi connectivity index (χ1n) is 12.5. The lowest BCUT2D eigenvalue weighted by atomic mass is 9.78. The van der Waals surface area contributed by atoms with Crippen LogP contribution in [-0.2, 0) is 9.31 Å². The first-order valence-corrected chi connectivity index (χ1v) is 12.5. The van der Waals surface area contributed by atoms with E-state index in [-0.39, 0.29) is 18.3 Å². The summed E-state index contributed by atoms with van der Waals surface area (Å²) >= 11 is 0. The summed E-state index contributed by atoms with van der Waals surface area (Å²) in [7, 11) is -0.384. The lowest BCUT2D eigenvalue weighted by Gasteiger charge is -2.32. The minimum atomic E-state index is -0.384. The van der Waals surface area contributed by atoms with Crippen molar-refractivity contribution in [3.8, 4) is 11.1 Å². The van der Waals surface area contributed by atoms with Crippen molar-refractivity contribution in [1.82, 2.24) is 0 Å². The third kappa shape index (κ3) is 3.15. The molecule has 0 spiro atoms. The Morgan fingerprint density at radius 2 is 1.28 bits per heavy atom. The Bertz CT molecular complexity index is 1800. The van der Waals surface area contributed by atoms with Crippen LogP contribution in [0.15, 0.2) is 95.4 Å². The van der Waals surface area contributed by atoms with Crippen LogP contribution in [0.1, 0.15) is 27.7 Å². The standard InChI is InChI=1S/C32H27BO3/c1-31(2)32(3,4)36-33(35-31)24-16-15-20-13-14-22(17-23(20)18-24)29-25-10-6-5-9-21(25)19-28-30(29)26-11-7-8-12-27(26)34-28/h5-19H,1-4H3. The normalized spacial score (nSPS) is 17.1. The molecule has 7 rings (SSSR count). The summed E-state index contributed by atoms with van der Waals surface area (Å²) in [6.45, 7) is 8.36. The zero-order chi connectivity index (χ0) is 24.7. The third-order valence-electron chi connectivity index (χ3n) is 8.07. The van der Waals surface area contributed by atoms with Gasteiger partial charge in [-0.1, -0.05) is 72.8 Å². The van der Waals surface area contributed by atoms with Gasteiger partial charge in [0.15, 0.2) is 0 Å². The maximum atomic E-state index is 6.33. The predicted octanol–water partition coefficient (Wildman–Crippen LogP) is 7.86. The van der Waals surface area contributed by atoms with E-state index < -0.39 is 0 Å².